The van der Waals surface area contributed by atoms with Gasteiger partial charge in [0.25, 0.3) is 0 Å². The molecule has 1 aliphatic rings. The van der Waals surface area contributed by atoms with Crippen molar-refractivity contribution < 1.29 is 9.13 Å². The molecular formula is C15H10FNO. The van der Waals surface area contributed by atoms with Crippen molar-refractivity contribution in [1.82, 2.24) is 0 Å². The first-order valence-corrected chi connectivity index (χ1v) is 5.74. The van der Waals surface area contributed by atoms with Crippen LogP contribution in [-0.2, 0) is 6.42 Å². The fraction of sp³-hybridized carbons (Fsp3) is 0.133. The third kappa shape index (κ3) is 1.63. The van der Waals surface area contributed by atoms with E-state index in [-0.39, 0.29) is 5.56 Å². The van der Waals surface area contributed by atoms with Crippen LogP contribution in [-0.4, -0.2) is 6.61 Å². The Bertz CT molecular complexity index is 658. The minimum Gasteiger partial charge on any atom is -0.493 e. The van der Waals surface area contributed by atoms with Crippen LogP contribution in [0.2, 0.25) is 0 Å². The van der Waals surface area contributed by atoms with Gasteiger partial charge in [0.2, 0.25) is 0 Å². The number of nitrogens with zero attached hydrogens (tertiary/aromatic N) is 1. The van der Waals surface area contributed by atoms with E-state index in [1.807, 2.05) is 24.3 Å². The van der Waals surface area contributed by atoms with Crippen LogP contribution >= 0.6 is 0 Å². The van der Waals surface area contributed by atoms with Crippen LogP contribution < -0.4 is 4.74 Å². The quantitative estimate of drug-likeness (QED) is 0.765. The zero-order valence-corrected chi connectivity index (χ0v) is 9.61. The van der Waals surface area contributed by atoms with Gasteiger partial charge in [0.15, 0.2) is 0 Å². The SMILES string of the molecule is N#Cc1c(F)cccc1-c1ccc2c(c1)CCO2. The number of halogens is 1. The van der Waals surface area contributed by atoms with Crippen LogP contribution in [0.25, 0.3) is 11.1 Å². The van der Waals surface area contributed by atoms with Gasteiger partial charge < -0.3 is 4.74 Å². The van der Waals surface area contributed by atoms with Gasteiger partial charge in [-0.15, -0.1) is 0 Å². The Hall–Kier alpha value is -2.34. The summed E-state index contributed by atoms with van der Waals surface area (Å²) in [5.41, 5.74) is 2.69. The number of hydrogen-bond acceptors (Lipinski definition) is 2. The molecular weight excluding hydrogens is 229 g/mol. The van der Waals surface area contributed by atoms with Crippen molar-refractivity contribution in [2.45, 2.75) is 6.42 Å². The maximum atomic E-state index is 13.6. The predicted molar refractivity (Wildman–Crippen MR) is 65.8 cm³/mol. The highest BCUT2D eigenvalue weighted by Crippen LogP contribution is 2.32. The lowest BCUT2D eigenvalue weighted by molar-refractivity contribution is 0.357. The van der Waals surface area contributed by atoms with Crippen LogP contribution in [0.1, 0.15) is 11.1 Å². The normalized spacial score (nSPS) is 12.7. The molecule has 2 nitrogen and oxygen atoms in total. The van der Waals surface area contributed by atoms with Gasteiger partial charge in [-0.1, -0.05) is 18.2 Å². The van der Waals surface area contributed by atoms with Gasteiger partial charge in [0.05, 0.1) is 12.2 Å². The average Bonchev–Trinajstić information content (AvgIpc) is 2.85. The van der Waals surface area contributed by atoms with Crippen LogP contribution in [0.15, 0.2) is 36.4 Å². The summed E-state index contributed by atoms with van der Waals surface area (Å²) in [4.78, 5) is 0. The molecule has 0 saturated carbocycles. The van der Waals surface area contributed by atoms with Crippen LogP contribution in [0.5, 0.6) is 5.75 Å². The first-order chi connectivity index (χ1) is 8.79. The number of ether oxygens (including phenoxy) is 1. The Labute approximate surface area is 104 Å². The Morgan fingerprint density at radius 3 is 2.94 bits per heavy atom. The molecule has 0 aromatic heterocycles. The first-order valence-electron chi connectivity index (χ1n) is 5.74. The molecule has 88 valence electrons. The average molecular weight is 239 g/mol. The number of rotatable bonds is 1. The second kappa shape index (κ2) is 4.15. The minimum absolute atomic E-state index is 0.0939. The number of hydrogen-bond donors (Lipinski definition) is 0. The molecule has 0 saturated heterocycles. The zero-order chi connectivity index (χ0) is 12.5. The Morgan fingerprint density at radius 1 is 1.22 bits per heavy atom. The molecule has 0 atom stereocenters. The zero-order valence-electron chi connectivity index (χ0n) is 9.61. The maximum Gasteiger partial charge on any atom is 0.141 e. The van der Waals surface area contributed by atoms with Crippen molar-refractivity contribution in [3.63, 3.8) is 0 Å². The minimum atomic E-state index is -0.480. The van der Waals surface area contributed by atoms with Gasteiger partial charge in [-0.25, -0.2) is 4.39 Å². The Morgan fingerprint density at radius 2 is 2.11 bits per heavy atom. The monoisotopic (exact) mass is 239 g/mol. The van der Waals surface area contributed by atoms with Crippen molar-refractivity contribution in [3.05, 3.63) is 53.3 Å². The van der Waals surface area contributed by atoms with Crippen molar-refractivity contribution in [2.24, 2.45) is 0 Å². The summed E-state index contributed by atoms with van der Waals surface area (Å²) in [6.45, 7) is 0.688. The maximum absolute atomic E-state index is 13.6. The van der Waals surface area contributed by atoms with E-state index >= 15 is 0 Å². The third-order valence-electron chi connectivity index (χ3n) is 3.13. The highest BCUT2D eigenvalue weighted by molar-refractivity contribution is 5.72. The van der Waals surface area contributed by atoms with Gasteiger partial charge >= 0.3 is 0 Å². The van der Waals surface area contributed by atoms with E-state index in [1.165, 1.54) is 6.07 Å². The molecule has 0 amide bonds. The van der Waals surface area contributed by atoms with E-state index in [4.69, 9.17) is 10.00 Å². The molecule has 3 heteroatoms. The van der Waals surface area contributed by atoms with E-state index in [0.29, 0.717) is 12.2 Å². The largest absolute Gasteiger partial charge is 0.493 e. The molecule has 18 heavy (non-hydrogen) atoms. The molecule has 0 fully saturated rings. The van der Waals surface area contributed by atoms with E-state index in [2.05, 4.69) is 0 Å². The summed E-state index contributed by atoms with van der Waals surface area (Å²) < 4.78 is 19.0. The lowest BCUT2D eigenvalue weighted by Crippen LogP contribution is -1.90. The molecule has 2 aromatic carbocycles. The molecule has 0 unspecified atom stereocenters. The van der Waals surface area contributed by atoms with Gasteiger partial charge in [0.1, 0.15) is 17.6 Å². The van der Waals surface area contributed by atoms with Gasteiger partial charge in [-0.3, -0.25) is 0 Å². The second-order valence-electron chi connectivity index (χ2n) is 4.20. The van der Waals surface area contributed by atoms with Crippen LogP contribution in [0.4, 0.5) is 4.39 Å². The number of benzene rings is 2. The Balaban J connectivity index is 2.16. The predicted octanol–water partition coefficient (Wildman–Crippen LogP) is 3.30. The summed E-state index contributed by atoms with van der Waals surface area (Å²) in [5, 5.41) is 9.04. The Kier molecular flexibility index (Phi) is 2.49. The molecule has 0 aliphatic carbocycles. The highest BCUT2D eigenvalue weighted by Gasteiger charge is 2.15. The van der Waals surface area contributed by atoms with Crippen molar-refractivity contribution in [1.29, 1.82) is 5.26 Å². The van der Waals surface area contributed by atoms with Crippen molar-refractivity contribution >= 4 is 0 Å². The molecule has 0 bridgehead atoms. The molecule has 1 heterocycles. The van der Waals surface area contributed by atoms with Crippen LogP contribution in [0, 0.1) is 17.1 Å². The molecule has 2 aromatic rings. The summed E-state index contributed by atoms with van der Waals surface area (Å²) >= 11 is 0. The van der Waals surface area contributed by atoms with Crippen LogP contribution in [0.3, 0.4) is 0 Å². The lowest BCUT2D eigenvalue weighted by Gasteiger charge is -2.07. The van der Waals surface area contributed by atoms with Gasteiger partial charge in [-0.05, 0) is 29.3 Å². The van der Waals surface area contributed by atoms with E-state index < -0.39 is 5.82 Å². The fourth-order valence-electron chi connectivity index (χ4n) is 2.23. The molecule has 0 radical (unpaired) electrons. The second-order valence-corrected chi connectivity index (χ2v) is 4.20. The smallest absolute Gasteiger partial charge is 0.141 e. The van der Waals surface area contributed by atoms with Crippen molar-refractivity contribution in [3.8, 4) is 22.9 Å². The molecule has 0 spiro atoms. The molecule has 0 N–H and O–H groups in total. The summed E-state index contributed by atoms with van der Waals surface area (Å²) in [6.07, 6.45) is 0.861. The number of fused-ring (bicyclic) bond motifs is 1. The first kappa shape index (κ1) is 10.8. The topological polar surface area (TPSA) is 33.0 Å². The van der Waals surface area contributed by atoms with E-state index in [0.717, 1.165) is 23.3 Å². The fourth-order valence-corrected chi connectivity index (χ4v) is 2.23. The van der Waals surface area contributed by atoms with Gasteiger partial charge in [-0.2, -0.15) is 5.26 Å². The standard InChI is InChI=1S/C15H10FNO/c16-14-3-1-2-12(13(14)9-17)10-4-5-15-11(8-10)6-7-18-15/h1-5,8H,6-7H2. The summed E-state index contributed by atoms with van der Waals surface area (Å²) in [7, 11) is 0. The third-order valence-corrected chi connectivity index (χ3v) is 3.13. The summed E-state index contributed by atoms with van der Waals surface area (Å²) in [5.74, 6) is 0.403. The van der Waals surface area contributed by atoms with Crippen molar-refractivity contribution in [2.75, 3.05) is 6.61 Å². The van der Waals surface area contributed by atoms with E-state index in [9.17, 15) is 4.39 Å². The summed E-state index contributed by atoms with van der Waals surface area (Å²) in [6, 6.07) is 12.3. The highest BCUT2D eigenvalue weighted by atomic mass is 19.1. The van der Waals surface area contributed by atoms with Gasteiger partial charge in [0, 0.05) is 12.0 Å². The molecule has 1 aliphatic heterocycles. The lowest BCUT2D eigenvalue weighted by atomic mass is 9.97. The van der Waals surface area contributed by atoms with E-state index in [1.54, 1.807) is 12.1 Å². The molecule has 3 rings (SSSR count). The number of nitriles is 1.